The Morgan fingerprint density at radius 2 is 2.03 bits per heavy atom. The highest BCUT2D eigenvalue weighted by Gasteiger charge is 2.27. The van der Waals surface area contributed by atoms with E-state index in [1.54, 1.807) is 0 Å². The number of rotatable bonds is 4. The van der Waals surface area contributed by atoms with E-state index in [1.807, 2.05) is 42.5 Å². The third-order valence-corrected chi connectivity index (χ3v) is 6.10. The molecule has 1 aliphatic heterocycles. The maximum Gasteiger partial charge on any atom is 0.407 e. The Hall–Kier alpha value is -2.71. The van der Waals surface area contributed by atoms with E-state index < -0.39 is 0 Å². The molecule has 1 fully saturated rings. The van der Waals surface area contributed by atoms with E-state index in [0.29, 0.717) is 30.1 Å². The van der Waals surface area contributed by atoms with Crippen LogP contribution < -0.4 is 10.2 Å². The van der Waals surface area contributed by atoms with Gasteiger partial charge in [0.05, 0.1) is 17.7 Å². The molecule has 1 saturated carbocycles. The van der Waals surface area contributed by atoms with Crippen LogP contribution in [0.1, 0.15) is 48.8 Å². The topological polar surface area (TPSA) is 65.4 Å². The van der Waals surface area contributed by atoms with Crippen LogP contribution in [-0.2, 0) is 17.7 Å². The van der Waals surface area contributed by atoms with E-state index in [9.17, 15) is 10.1 Å². The quantitative estimate of drug-likeness (QED) is 0.733. The summed E-state index contributed by atoms with van der Waals surface area (Å²) in [6.07, 6.45) is 5.74. The summed E-state index contributed by atoms with van der Waals surface area (Å²) in [7, 11) is 0. The zero-order valence-electron chi connectivity index (χ0n) is 16.9. The largest absolute Gasteiger partial charge is 0.446 e. The van der Waals surface area contributed by atoms with E-state index >= 15 is 0 Å². The molecule has 0 aromatic heterocycles. The first-order valence-electron chi connectivity index (χ1n) is 10.6. The van der Waals surface area contributed by atoms with Crippen LogP contribution in [0.2, 0.25) is 5.02 Å². The molecule has 0 radical (unpaired) electrons. The Balaban J connectivity index is 1.50. The van der Waals surface area contributed by atoms with Crippen LogP contribution in [0.25, 0.3) is 0 Å². The number of carbonyl (C=O) groups is 1. The molecular weight excluding hydrogens is 398 g/mol. The zero-order valence-corrected chi connectivity index (χ0v) is 17.7. The maximum atomic E-state index is 12.5. The summed E-state index contributed by atoms with van der Waals surface area (Å²) >= 11 is 6.16. The van der Waals surface area contributed by atoms with Crippen molar-refractivity contribution in [3.8, 4) is 6.07 Å². The summed E-state index contributed by atoms with van der Waals surface area (Å²) in [4.78, 5) is 14.7. The summed E-state index contributed by atoms with van der Waals surface area (Å²) in [5.41, 5.74) is 3.88. The number of nitriles is 1. The number of benzene rings is 2. The lowest BCUT2D eigenvalue weighted by molar-refractivity contribution is 0.0729. The van der Waals surface area contributed by atoms with Crippen LogP contribution in [0, 0.1) is 11.3 Å². The van der Waals surface area contributed by atoms with E-state index in [0.717, 1.165) is 42.5 Å². The number of halogens is 1. The van der Waals surface area contributed by atoms with Crippen LogP contribution in [0.5, 0.6) is 0 Å². The SMILES string of the molecule is N#Cc1ccc2c(c1)C[C@@H](NC(=O)OC1CCCCC1)CN2Cc1cccc(Cl)c1. The predicted octanol–water partition coefficient (Wildman–Crippen LogP) is 5.20. The van der Waals surface area contributed by atoms with Gasteiger partial charge in [-0.1, -0.05) is 30.2 Å². The first kappa shape index (κ1) is 20.6. The molecule has 1 N–H and O–H groups in total. The third-order valence-electron chi connectivity index (χ3n) is 5.87. The number of hydrogen-bond donors (Lipinski definition) is 1. The van der Waals surface area contributed by atoms with Crippen molar-refractivity contribution in [1.82, 2.24) is 5.32 Å². The van der Waals surface area contributed by atoms with Gasteiger partial charge in [-0.25, -0.2) is 4.79 Å². The molecule has 1 heterocycles. The second-order valence-electron chi connectivity index (χ2n) is 8.18. The molecule has 2 aromatic rings. The van der Waals surface area contributed by atoms with Crippen LogP contribution in [0.15, 0.2) is 42.5 Å². The highest BCUT2D eigenvalue weighted by atomic mass is 35.5. The number of ether oxygens (including phenoxy) is 1. The van der Waals surface area contributed by atoms with Gasteiger partial charge in [0.15, 0.2) is 0 Å². The molecule has 5 nitrogen and oxygen atoms in total. The third kappa shape index (κ3) is 5.06. The Morgan fingerprint density at radius 1 is 1.20 bits per heavy atom. The number of nitrogens with zero attached hydrogens (tertiary/aromatic N) is 2. The van der Waals surface area contributed by atoms with Gasteiger partial charge in [-0.05, 0) is 73.6 Å². The number of nitrogens with one attached hydrogen (secondary N) is 1. The molecule has 0 unspecified atom stereocenters. The van der Waals surface area contributed by atoms with Crippen molar-refractivity contribution >= 4 is 23.4 Å². The molecule has 2 aliphatic rings. The molecule has 1 atom stereocenters. The summed E-state index contributed by atoms with van der Waals surface area (Å²) in [6, 6.07) is 15.7. The van der Waals surface area contributed by atoms with Gasteiger partial charge in [-0.15, -0.1) is 0 Å². The minimum absolute atomic E-state index is 0.0300. The number of carbonyl (C=O) groups excluding carboxylic acids is 1. The molecule has 0 saturated heterocycles. The average molecular weight is 424 g/mol. The molecule has 2 aromatic carbocycles. The molecule has 30 heavy (non-hydrogen) atoms. The molecule has 0 bridgehead atoms. The van der Waals surface area contributed by atoms with Gasteiger partial charge >= 0.3 is 6.09 Å². The van der Waals surface area contributed by atoms with Crippen LogP contribution >= 0.6 is 11.6 Å². The molecule has 4 rings (SSSR count). The summed E-state index contributed by atoms with van der Waals surface area (Å²) in [5.74, 6) is 0. The van der Waals surface area contributed by atoms with Crippen LogP contribution in [0.3, 0.4) is 0 Å². The van der Waals surface area contributed by atoms with Gasteiger partial charge in [0.1, 0.15) is 6.10 Å². The van der Waals surface area contributed by atoms with Crippen molar-refractivity contribution in [1.29, 1.82) is 5.26 Å². The fraction of sp³-hybridized carbons (Fsp3) is 0.417. The second kappa shape index (κ2) is 9.40. The molecule has 1 aliphatic carbocycles. The number of fused-ring (bicyclic) bond motifs is 1. The number of anilines is 1. The predicted molar refractivity (Wildman–Crippen MR) is 118 cm³/mol. The lowest BCUT2D eigenvalue weighted by Crippen LogP contribution is -2.48. The highest BCUT2D eigenvalue weighted by Crippen LogP contribution is 2.30. The van der Waals surface area contributed by atoms with Gasteiger partial charge < -0.3 is 15.0 Å². The summed E-state index contributed by atoms with van der Waals surface area (Å²) in [5, 5.41) is 13.1. The average Bonchev–Trinajstić information content (AvgIpc) is 2.74. The second-order valence-corrected chi connectivity index (χ2v) is 8.61. The van der Waals surface area contributed by atoms with Crippen molar-refractivity contribution in [3.63, 3.8) is 0 Å². The van der Waals surface area contributed by atoms with Gasteiger partial charge in [-0.3, -0.25) is 0 Å². The minimum atomic E-state index is -0.338. The maximum absolute atomic E-state index is 12.5. The Labute approximate surface area is 182 Å². The van der Waals surface area contributed by atoms with Crippen molar-refractivity contribution in [3.05, 3.63) is 64.2 Å². The molecule has 156 valence electrons. The number of alkyl carbamates (subject to hydrolysis) is 1. The lowest BCUT2D eigenvalue weighted by Gasteiger charge is -2.37. The van der Waals surface area contributed by atoms with E-state index in [-0.39, 0.29) is 18.2 Å². The first-order chi connectivity index (χ1) is 14.6. The molecule has 6 heteroatoms. The standard InChI is InChI=1S/C24H26ClN3O2/c25-20-6-4-5-18(12-20)15-28-16-21(13-19-11-17(14-26)9-10-23(19)28)27-24(29)30-22-7-2-1-3-8-22/h4-6,9-12,21-22H,1-3,7-8,13,15-16H2,(H,27,29)/t21-/m1/s1. The Bertz CT molecular complexity index is 950. The van der Waals surface area contributed by atoms with Crippen molar-refractivity contribution in [2.45, 2.75) is 57.2 Å². The van der Waals surface area contributed by atoms with Crippen molar-refractivity contribution < 1.29 is 9.53 Å². The highest BCUT2D eigenvalue weighted by molar-refractivity contribution is 6.30. The minimum Gasteiger partial charge on any atom is -0.446 e. The zero-order chi connectivity index (χ0) is 20.9. The lowest BCUT2D eigenvalue weighted by atomic mass is 9.95. The summed E-state index contributed by atoms with van der Waals surface area (Å²) in [6.45, 7) is 1.35. The van der Waals surface area contributed by atoms with Gasteiger partial charge in [-0.2, -0.15) is 5.26 Å². The van der Waals surface area contributed by atoms with Gasteiger partial charge in [0.2, 0.25) is 0 Å². The Kier molecular flexibility index (Phi) is 6.44. The van der Waals surface area contributed by atoms with Gasteiger partial charge in [0.25, 0.3) is 0 Å². The van der Waals surface area contributed by atoms with Gasteiger partial charge in [0, 0.05) is 23.8 Å². The fourth-order valence-corrected chi connectivity index (χ4v) is 4.67. The fourth-order valence-electron chi connectivity index (χ4n) is 4.46. The van der Waals surface area contributed by atoms with Crippen LogP contribution in [-0.4, -0.2) is 24.8 Å². The van der Waals surface area contributed by atoms with E-state index in [4.69, 9.17) is 16.3 Å². The normalized spacial score (nSPS) is 18.9. The Morgan fingerprint density at radius 3 is 2.80 bits per heavy atom. The number of amides is 1. The number of hydrogen-bond acceptors (Lipinski definition) is 4. The monoisotopic (exact) mass is 423 g/mol. The smallest absolute Gasteiger partial charge is 0.407 e. The van der Waals surface area contributed by atoms with E-state index in [1.165, 1.54) is 6.42 Å². The van der Waals surface area contributed by atoms with Crippen molar-refractivity contribution in [2.24, 2.45) is 0 Å². The molecule has 0 spiro atoms. The molecule has 1 amide bonds. The first-order valence-corrected chi connectivity index (χ1v) is 11.0. The van der Waals surface area contributed by atoms with Crippen LogP contribution in [0.4, 0.5) is 10.5 Å². The van der Waals surface area contributed by atoms with E-state index in [2.05, 4.69) is 16.3 Å². The molecular formula is C24H26ClN3O2. The summed E-state index contributed by atoms with van der Waals surface area (Å²) < 4.78 is 5.66. The van der Waals surface area contributed by atoms with Crippen molar-refractivity contribution in [2.75, 3.05) is 11.4 Å².